The topological polar surface area (TPSA) is 101 Å². The number of pyridine rings is 1. The highest BCUT2D eigenvalue weighted by Gasteiger charge is 2.30. The lowest BCUT2D eigenvalue weighted by molar-refractivity contribution is -0.136. The molecule has 0 bridgehead atoms. The van der Waals surface area contributed by atoms with Gasteiger partial charge in [-0.25, -0.2) is 19.7 Å². The van der Waals surface area contributed by atoms with Crippen LogP contribution in [0.15, 0.2) is 23.7 Å². The van der Waals surface area contributed by atoms with Gasteiger partial charge >= 0.3 is 6.09 Å². The van der Waals surface area contributed by atoms with Gasteiger partial charge in [-0.1, -0.05) is 6.07 Å². The van der Waals surface area contributed by atoms with Crippen molar-refractivity contribution in [1.82, 2.24) is 24.8 Å². The lowest BCUT2D eigenvalue weighted by Gasteiger charge is -2.35. The molecule has 0 unspecified atom stereocenters. The van der Waals surface area contributed by atoms with Crippen LogP contribution in [0, 0.1) is 13.8 Å². The van der Waals surface area contributed by atoms with Crippen LogP contribution in [0.25, 0.3) is 10.6 Å². The number of rotatable bonds is 5. The summed E-state index contributed by atoms with van der Waals surface area (Å²) in [6, 6.07) is 3.81. The lowest BCUT2D eigenvalue weighted by atomic mass is 10.2. The monoisotopic (exact) mass is 500 g/mol. The summed E-state index contributed by atoms with van der Waals surface area (Å²) in [5.41, 5.74) is 2.23. The maximum atomic E-state index is 12.6. The molecule has 11 heteroatoms. The van der Waals surface area contributed by atoms with Crippen LogP contribution in [0.1, 0.15) is 37.0 Å². The smallest absolute Gasteiger partial charge is 0.410 e. The summed E-state index contributed by atoms with van der Waals surface area (Å²) >= 11 is 3.16. The highest BCUT2D eigenvalue weighted by Crippen LogP contribution is 2.32. The largest absolute Gasteiger partial charge is 0.444 e. The zero-order valence-electron chi connectivity index (χ0n) is 19.9. The molecule has 0 aliphatic carbocycles. The molecule has 0 radical (unpaired) electrons. The molecule has 3 aromatic rings. The van der Waals surface area contributed by atoms with Crippen molar-refractivity contribution in [3.63, 3.8) is 0 Å². The number of carbonyl (C=O) groups excluding carboxylic acids is 2. The van der Waals surface area contributed by atoms with Crippen LogP contribution in [0.3, 0.4) is 0 Å². The van der Waals surface area contributed by atoms with Gasteiger partial charge in [-0.05, 0) is 46.2 Å². The number of amides is 2. The first-order chi connectivity index (χ1) is 16.1. The molecule has 0 spiro atoms. The summed E-state index contributed by atoms with van der Waals surface area (Å²) in [5, 5.41) is 7.04. The number of thiazole rings is 2. The van der Waals surface area contributed by atoms with Gasteiger partial charge in [0.1, 0.15) is 18.0 Å². The third-order valence-electron chi connectivity index (χ3n) is 5.04. The molecule has 4 rings (SSSR count). The fourth-order valence-corrected chi connectivity index (χ4v) is 5.15. The van der Waals surface area contributed by atoms with Crippen molar-refractivity contribution < 1.29 is 14.3 Å². The second-order valence-corrected chi connectivity index (χ2v) is 11.1. The summed E-state index contributed by atoms with van der Waals surface area (Å²) < 4.78 is 5.37. The van der Waals surface area contributed by atoms with E-state index in [-0.39, 0.29) is 12.5 Å². The number of carbonyl (C=O) groups is 2. The Kier molecular flexibility index (Phi) is 6.85. The molecule has 1 fully saturated rings. The molecule has 34 heavy (non-hydrogen) atoms. The van der Waals surface area contributed by atoms with Gasteiger partial charge in [0.25, 0.3) is 0 Å². The Bertz CT molecular complexity index is 1180. The summed E-state index contributed by atoms with van der Waals surface area (Å²) in [7, 11) is 0. The molecule has 1 N–H and O–H groups in total. The van der Waals surface area contributed by atoms with Gasteiger partial charge in [0.05, 0.1) is 21.3 Å². The zero-order valence-corrected chi connectivity index (χ0v) is 21.5. The highest BCUT2D eigenvalue weighted by molar-refractivity contribution is 7.16. The minimum atomic E-state index is -0.585. The third kappa shape index (κ3) is 5.89. The molecule has 9 nitrogen and oxygen atoms in total. The fraction of sp³-hybridized carbons (Fsp3) is 0.435. The van der Waals surface area contributed by atoms with E-state index in [1.165, 1.54) is 16.2 Å². The molecule has 1 aliphatic rings. The van der Waals surface area contributed by atoms with Crippen molar-refractivity contribution in [2.45, 2.75) is 46.8 Å². The first-order valence-electron chi connectivity index (χ1n) is 10.9. The van der Waals surface area contributed by atoms with Gasteiger partial charge < -0.3 is 15.0 Å². The number of aryl methyl sites for hydroxylation is 2. The summed E-state index contributed by atoms with van der Waals surface area (Å²) in [4.78, 5) is 42.7. The van der Waals surface area contributed by atoms with Crippen molar-refractivity contribution in [2.24, 2.45) is 0 Å². The zero-order chi connectivity index (χ0) is 24.5. The highest BCUT2D eigenvalue weighted by atomic mass is 32.1. The average molecular weight is 501 g/mol. The van der Waals surface area contributed by atoms with E-state index in [2.05, 4.69) is 20.3 Å². The van der Waals surface area contributed by atoms with E-state index in [1.807, 2.05) is 52.1 Å². The predicted molar refractivity (Wildman–Crippen MR) is 133 cm³/mol. The van der Waals surface area contributed by atoms with Crippen molar-refractivity contribution in [3.8, 4) is 10.6 Å². The standard InChI is InChI=1S/C23H28N6O3S2/c1-14-20(34-15(2)25-14)17-13-33-21(26-17)27-18-7-6-16(10-24-18)11-28-8-9-29(12-19(28)30)22(31)32-23(3,4)5/h6-7,10,13H,8-9,11-12H2,1-5H3,(H,24,26,27). The number of nitrogens with one attached hydrogen (secondary N) is 1. The maximum absolute atomic E-state index is 12.6. The number of hydrogen-bond acceptors (Lipinski definition) is 9. The van der Waals surface area contributed by atoms with Crippen LogP contribution in [-0.2, 0) is 16.1 Å². The Hall–Kier alpha value is -3.05. The molecule has 0 aromatic carbocycles. The first kappa shape index (κ1) is 24.1. The van der Waals surface area contributed by atoms with Crippen LogP contribution in [0.4, 0.5) is 15.7 Å². The lowest BCUT2D eigenvalue weighted by Crippen LogP contribution is -2.52. The molecule has 1 saturated heterocycles. The Morgan fingerprint density at radius 3 is 2.62 bits per heavy atom. The molecular formula is C23H28N6O3S2. The van der Waals surface area contributed by atoms with E-state index in [9.17, 15) is 9.59 Å². The fourth-order valence-electron chi connectivity index (χ4n) is 3.48. The SMILES string of the molecule is Cc1nc(C)c(-c2csc(Nc3ccc(CN4CCN(C(=O)OC(C)(C)C)CC4=O)cn3)n2)s1. The second-order valence-electron chi connectivity index (χ2n) is 9.08. The van der Waals surface area contributed by atoms with E-state index in [4.69, 9.17) is 4.74 Å². The number of aromatic nitrogens is 3. The van der Waals surface area contributed by atoms with Gasteiger partial charge in [-0.2, -0.15) is 0 Å². The number of ether oxygens (including phenoxy) is 1. The molecular weight excluding hydrogens is 472 g/mol. The average Bonchev–Trinajstić information content (AvgIpc) is 3.35. The van der Waals surface area contributed by atoms with Gasteiger partial charge in [0.15, 0.2) is 5.13 Å². The normalized spacial score (nSPS) is 14.4. The Labute approximate surface area is 206 Å². The minimum Gasteiger partial charge on any atom is -0.444 e. The predicted octanol–water partition coefficient (Wildman–Crippen LogP) is 4.60. The molecule has 1 aliphatic heterocycles. The Morgan fingerprint density at radius 2 is 2.00 bits per heavy atom. The molecule has 4 heterocycles. The molecule has 2 amide bonds. The second kappa shape index (κ2) is 9.67. The van der Waals surface area contributed by atoms with E-state index in [0.717, 1.165) is 32.0 Å². The maximum Gasteiger partial charge on any atom is 0.410 e. The van der Waals surface area contributed by atoms with Crippen molar-refractivity contribution in [1.29, 1.82) is 0 Å². The molecule has 0 atom stereocenters. The molecule has 3 aromatic heterocycles. The first-order valence-corrected chi connectivity index (χ1v) is 12.6. The quantitative estimate of drug-likeness (QED) is 0.546. The van der Waals surface area contributed by atoms with Crippen LogP contribution >= 0.6 is 22.7 Å². The molecule has 180 valence electrons. The van der Waals surface area contributed by atoms with Crippen molar-refractivity contribution in [2.75, 3.05) is 25.0 Å². The van der Waals surface area contributed by atoms with E-state index in [1.54, 1.807) is 22.4 Å². The Balaban J connectivity index is 1.32. The van der Waals surface area contributed by atoms with Crippen LogP contribution in [0.5, 0.6) is 0 Å². The Morgan fingerprint density at radius 1 is 1.21 bits per heavy atom. The minimum absolute atomic E-state index is 0.0210. The van der Waals surface area contributed by atoms with Gasteiger partial charge in [-0.15, -0.1) is 22.7 Å². The van der Waals surface area contributed by atoms with Gasteiger partial charge in [0.2, 0.25) is 5.91 Å². The van der Waals surface area contributed by atoms with Gasteiger partial charge in [-0.3, -0.25) is 9.69 Å². The number of nitrogens with zero attached hydrogens (tertiary/aromatic N) is 5. The van der Waals surface area contributed by atoms with E-state index < -0.39 is 11.7 Å². The molecule has 0 saturated carbocycles. The van der Waals surface area contributed by atoms with Crippen LogP contribution in [0.2, 0.25) is 0 Å². The summed E-state index contributed by atoms with van der Waals surface area (Å²) in [6.45, 7) is 10.8. The van der Waals surface area contributed by atoms with E-state index in [0.29, 0.717) is 25.5 Å². The number of hydrogen-bond donors (Lipinski definition) is 1. The van der Waals surface area contributed by atoms with Crippen LogP contribution < -0.4 is 5.32 Å². The van der Waals surface area contributed by atoms with Crippen LogP contribution in [-0.4, -0.2) is 62.0 Å². The summed E-state index contributed by atoms with van der Waals surface area (Å²) in [6.07, 6.45) is 1.30. The number of anilines is 2. The van der Waals surface area contributed by atoms with Crippen molar-refractivity contribution >= 4 is 45.6 Å². The third-order valence-corrected chi connectivity index (χ3v) is 6.90. The summed E-state index contributed by atoms with van der Waals surface area (Å²) in [5.74, 6) is 0.575. The number of piperazine rings is 1. The van der Waals surface area contributed by atoms with E-state index >= 15 is 0 Å². The van der Waals surface area contributed by atoms with Crippen molar-refractivity contribution in [3.05, 3.63) is 40.0 Å². The van der Waals surface area contributed by atoms with Gasteiger partial charge in [0, 0.05) is 31.2 Å².